The molecule has 4 heteroatoms. The van der Waals surface area contributed by atoms with Gasteiger partial charge in [-0.2, -0.15) is 0 Å². The Labute approximate surface area is 155 Å². The number of rotatable bonds is 5. The van der Waals surface area contributed by atoms with Crippen LogP contribution >= 0.6 is 11.8 Å². The highest BCUT2D eigenvalue weighted by molar-refractivity contribution is 7.99. The molecule has 2 aromatic carbocycles. The summed E-state index contributed by atoms with van der Waals surface area (Å²) in [6.07, 6.45) is 0. The van der Waals surface area contributed by atoms with Crippen LogP contribution in [0.5, 0.6) is 0 Å². The number of nitrogens with zero attached hydrogens (tertiary/aromatic N) is 2. The molecular formula is C21H27N2OS+. The van der Waals surface area contributed by atoms with Gasteiger partial charge in [0.1, 0.15) is 0 Å². The van der Waals surface area contributed by atoms with Crippen molar-refractivity contribution in [2.75, 3.05) is 31.1 Å². The second kappa shape index (κ2) is 7.63. The van der Waals surface area contributed by atoms with Crippen molar-refractivity contribution in [3.05, 3.63) is 54.1 Å². The maximum atomic E-state index is 13.3. The third-order valence-corrected chi connectivity index (χ3v) is 6.64. The number of quaternary nitrogens is 1. The van der Waals surface area contributed by atoms with Gasteiger partial charge in [-0.15, -0.1) is 0 Å². The summed E-state index contributed by atoms with van der Waals surface area (Å²) in [6, 6.07) is 16.7. The predicted octanol–water partition coefficient (Wildman–Crippen LogP) is 4.56. The van der Waals surface area contributed by atoms with E-state index in [1.54, 1.807) is 11.8 Å². The molecule has 1 heterocycles. The molecule has 3 rings (SSSR count). The van der Waals surface area contributed by atoms with Crippen molar-refractivity contribution in [1.29, 1.82) is 0 Å². The SMILES string of the molecule is CC[N+](CC)(CC)CC(=O)N1Cc2ccccc2Sc2ccccc21. The van der Waals surface area contributed by atoms with Gasteiger partial charge in [-0.3, -0.25) is 4.79 Å². The Balaban J connectivity index is 1.98. The van der Waals surface area contributed by atoms with Gasteiger partial charge in [0.25, 0.3) is 5.91 Å². The predicted molar refractivity (Wildman–Crippen MR) is 105 cm³/mol. The zero-order valence-electron chi connectivity index (χ0n) is 15.4. The molecule has 2 aromatic rings. The molecule has 0 aromatic heterocycles. The minimum atomic E-state index is 0.218. The minimum absolute atomic E-state index is 0.218. The number of hydrogen-bond acceptors (Lipinski definition) is 2. The van der Waals surface area contributed by atoms with E-state index in [0.717, 1.165) is 34.7 Å². The van der Waals surface area contributed by atoms with Crippen LogP contribution in [0.25, 0.3) is 0 Å². The zero-order chi connectivity index (χ0) is 17.9. The van der Waals surface area contributed by atoms with Crippen molar-refractivity contribution in [3.8, 4) is 0 Å². The molecule has 0 N–H and O–H groups in total. The largest absolute Gasteiger partial charge is 0.317 e. The van der Waals surface area contributed by atoms with E-state index in [-0.39, 0.29) is 5.91 Å². The normalized spacial score (nSPS) is 13.8. The molecule has 0 aliphatic carbocycles. The number of carbonyl (C=O) groups excluding carboxylic acids is 1. The lowest BCUT2D eigenvalue weighted by Crippen LogP contribution is -2.53. The summed E-state index contributed by atoms with van der Waals surface area (Å²) in [6.45, 7) is 10.7. The first kappa shape index (κ1) is 18.0. The van der Waals surface area contributed by atoms with Gasteiger partial charge >= 0.3 is 0 Å². The highest BCUT2D eigenvalue weighted by Crippen LogP contribution is 2.41. The Morgan fingerprint density at radius 3 is 2.24 bits per heavy atom. The Kier molecular flexibility index (Phi) is 5.50. The van der Waals surface area contributed by atoms with Crippen LogP contribution in [0.15, 0.2) is 58.3 Å². The monoisotopic (exact) mass is 355 g/mol. The van der Waals surface area contributed by atoms with Crippen LogP contribution in [0, 0.1) is 0 Å². The van der Waals surface area contributed by atoms with E-state index >= 15 is 0 Å². The molecule has 25 heavy (non-hydrogen) atoms. The number of fused-ring (bicyclic) bond motifs is 2. The topological polar surface area (TPSA) is 20.3 Å². The number of amides is 1. The van der Waals surface area contributed by atoms with Crippen molar-refractivity contribution >= 4 is 23.4 Å². The van der Waals surface area contributed by atoms with E-state index in [9.17, 15) is 4.79 Å². The number of benzene rings is 2. The van der Waals surface area contributed by atoms with Crippen LogP contribution in [-0.4, -0.2) is 36.6 Å². The van der Waals surface area contributed by atoms with Gasteiger partial charge in [0.05, 0.1) is 31.9 Å². The van der Waals surface area contributed by atoms with Crippen molar-refractivity contribution in [2.45, 2.75) is 37.1 Å². The van der Waals surface area contributed by atoms with Crippen molar-refractivity contribution < 1.29 is 9.28 Å². The lowest BCUT2D eigenvalue weighted by atomic mass is 10.2. The smallest absolute Gasteiger partial charge is 0.282 e. The third-order valence-electron chi connectivity index (χ3n) is 5.46. The van der Waals surface area contributed by atoms with Crippen LogP contribution in [0.4, 0.5) is 5.69 Å². The molecule has 0 radical (unpaired) electrons. The molecule has 0 spiro atoms. The molecule has 1 aliphatic heterocycles. The van der Waals surface area contributed by atoms with E-state index in [1.165, 1.54) is 10.5 Å². The van der Waals surface area contributed by atoms with Crippen LogP contribution in [0.3, 0.4) is 0 Å². The lowest BCUT2D eigenvalue weighted by molar-refractivity contribution is -0.915. The van der Waals surface area contributed by atoms with Crippen LogP contribution in [-0.2, 0) is 11.3 Å². The van der Waals surface area contributed by atoms with Crippen LogP contribution in [0.1, 0.15) is 26.3 Å². The Morgan fingerprint density at radius 1 is 0.960 bits per heavy atom. The molecule has 0 bridgehead atoms. The van der Waals surface area contributed by atoms with Crippen molar-refractivity contribution in [2.24, 2.45) is 0 Å². The van der Waals surface area contributed by atoms with E-state index in [0.29, 0.717) is 13.1 Å². The van der Waals surface area contributed by atoms with Crippen molar-refractivity contribution in [1.82, 2.24) is 0 Å². The first-order chi connectivity index (χ1) is 12.1. The number of hydrogen-bond donors (Lipinski definition) is 0. The average Bonchev–Trinajstić information content (AvgIpc) is 2.83. The molecule has 0 saturated carbocycles. The van der Waals surface area contributed by atoms with Gasteiger partial charge in [-0.25, -0.2) is 0 Å². The quantitative estimate of drug-likeness (QED) is 0.733. The van der Waals surface area contributed by atoms with Gasteiger partial charge < -0.3 is 9.38 Å². The zero-order valence-corrected chi connectivity index (χ0v) is 16.2. The van der Waals surface area contributed by atoms with E-state index in [4.69, 9.17) is 0 Å². The maximum absolute atomic E-state index is 13.3. The summed E-state index contributed by atoms with van der Waals surface area (Å²) < 4.78 is 0.840. The molecule has 3 nitrogen and oxygen atoms in total. The molecule has 1 amide bonds. The maximum Gasteiger partial charge on any atom is 0.282 e. The minimum Gasteiger partial charge on any atom is -0.317 e. The number of anilines is 1. The van der Waals surface area contributed by atoms with Gasteiger partial charge in [-0.1, -0.05) is 42.1 Å². The van der Waals surface area contributed by atoms with Gasteiger partial charge in [-0.05, 0) is 44.5 Å². The molecule has 1 aliphatic rings. The van der Waals surface area contributed by atoms with Gasteiger partial charge in [0.2, 0.25) is 0 Å². The number of para-hydroxylation sites is 1. The average molecular weight is 356 g/mol. The first-order valence-corrected chi connectivity index (χ1v) is 9.94. The fourth-order valence-corrected chi connectivity index (χ4v) is 4.55. The first-order valence-electron chi connectivity index (χ1n) is 9.12. The van der Waals surface area contributed by atoms with Crippen LogP contribution < -0.4 is 4.90 Å². The van der Waals surface area contributed by atoms with E-state index in [2.05, 4.69) is 57.2 Å². The van der Waals surface area contributed by atoms with Gasteiger partial charge in [0.15, 0.2) is 6.54 Å². The Hall–Kier alpha value is -1.78. The van der Waals surface area contributed by atoms with Gasteiger partial charge in [0, 0.05) is 9.79 Å². The summed E-state index contributed by atoms with van der Waals surface area (Å²) in [5.74, 6) is 0.218. The third kappa shape index (κ3) is 3.60. The summed E-state index contributed by atoms with van der Waals surface area (Å²) >= 11 is 1.76. The molecule has 0 saturated heterocycles. The Morgan fingerprint density at radius 2 is 1.56 bits per heavy atom. The van der Waals surface area contributed by atoms with E-state index in [1.807, 2.05) is 17.0 Å². The molecule has 0 atom stereocenters. The van der Waals surface area contributed by atoms with E-state index < -0.39 is 0 Å². The highest BCUT2D eigenvalue weighted by atomic mass is 32.2. The lowest BCUT2D eigenvalue weighted by Gasteiger charge is -2.36. The van der Waals surface area contributed by atoms with Crippen molar-refractivity contribution in [3.63, 3.8) is 0 Å². The fraction of sp³-hybridized carbons (Fsp3) is 0.381. The second-order valence-electron chi connectivity index (χ2n) is 6.61. The fourth-order valence-electron chi connectivity index (χ4n) is 3.48. The molecular weight excluding hydrogens is 328 g/mol. The standard InChI is InChI=1S/C21H27N2OS/c1-4-23(5-2,6-3)16-21(24)22-15-17-11-7-9-13-19(17)25-20-14-10-8-12-18(20)22/h7-14H,4-6,15-16H2,1-3H3/q+1. The molecule has 0 unspecified atom stereocenters. The summed E-state index contributed by atoms with van der Waals surface area (Å²) in [4.78, 5) is 17.7. The molecule has 132 valence electrons. The molecule has 0 fully saturated rings. The Bertz CT molecular complexity index is 747. The number of likely N-dealkylation sites (N-methyl/N-ethyl adjacent to an activating group) is 1. The summed E-state index contributed by atoms with van der Waals surface area (Å²) in [5, 5.41) is 0. The summed E-state index contributed by atoms with van der Waals surface area (Å²) in [5.41, 5.74) is 2.26. The van der Waals surface area contributed by atoms with Crippen LogP contribution in [0.2, 0.25) is 0 Å². The number of carbonyl (C=O) groups is 1. The summed E-state index contributed by atoms with van der Waals surface area (Å²) in [7, 11) is 0. The highest BCUT2D eigenvalue weighted by Gasteiger charge is 2.31. The second-order valence-corrected chi connectivity index (χ2v) is 7.69.